The minimum absolute atomic E-state index is 0.425. The van der Waals surface area contributed by atoms with Crippen molar-refractivity contribution in [3.63, 3.8) is 0 Å². The second-order valence-electron chi connectivity index (χ2n) is 5.48. The summed E-state index contributed by atoms with van der Waals surface area (Å²) in [6.07, 6.45) is 5.97. The molecule has 3 aromatic rings. The monoisotopic (exact) mass is 283 g/mol. The van der Waals surface area contributed by atoms with Gasteiger partial charge in [0, 0.05) is 29.3 Å². The molecule has 0 aliphatic heterocycles. The van der Waals surface area contributed by atoms with Gasteiger partial charge in [-0.2, -0.15) is 0 Å². The minimum atomic E-state index is 0.425. The summed E-state index contributed by atoms with van der Waals surface area (Å²) >= 11 is 0. The molecule has 0 atom stereocenters. The quantitative estimate of drug-likeness (QED) is 0.712. The molecule has 0 fully saturated rings. The highest BCUT2D eigenvalue weighted by Crippen LogP contribution is 2.23. The van der Waals surface area contributed by atoms with Crippen LogP contribution in [0.25, 0.3) is 10.9 Å². The lowest BCUT2D eigenvalue weighted by Gasteiger charge is -2.13. The van der Waals surface area contributed by atoms with Crippen molar-refractivity contribution in [2.24, 2.45) is 0 Å². The Morgan fingerprint density at radius 2 is 2.10 bits per heavy atom. The van der Waals surface area contributed by atoms with Gasteiger partial charge in [-0.05, 0) is 45.0 Å². The molecule has 0 aliphatic carbocycles. The van der Waals surface area contributed by atoms with E-state index in [9.17, 15) is 0 Å². The molecule has 0 aliphatic rings. The van der Waals surface area contributed by atoms with Crippen LogP contribution < -0.4 is 4.74 Å². The zero-order valence-electron chi connectivity index (χ0n) is 12.8. The predicted molar refractivity (Wildman–Crippen MR) is 84.8 cm³/mol. The molecule has 4 nitrogen and oxygen atoms in total. The molecule has 0 spiro atoms. The summed E-state index contributed by atoms with van der Waals surface area (Å²) in [5.74, 6) is 0.926. The fraction of sp³-hybridized carbons (Fsp3) is 0.353. The van der Waals surface area contributed by atoms with E-state index in [4.69, 9.17) is 4.74 Å². The van der Waals surface area contributed by atoms with E-state index in [1.807, 2.05) is 25.5 Å². The highest BCUT2D eigenvalue weighted by molar-refractivity contribution is 5.81. The number of aromatic nitrogens is 3. The van der Waals surface area contributed by atoms with Crippen molar-refractivity contribution >= 4 is 10.9 Å². The smallest absolute Gasteiger partial charge is 0.120 e. The number of ether oxygens (including phenoxy) is 1. The van der Waals surface area contributed by atoms with Crippen molar-refractivity contribution in [1.82, 2.24) is 14.1 Å². The first-order valence-corrected chi connectivity index (χ1v) is 7.41. The molecule has 0 N–H and O–H groups in total. The molecular weight excluding hydrogens is 262 g/mol. The number of rotatable bonds is 5. The van der Waals surface area contributed by atoms with E-state index in [0.29, 0.717) is 12.6 Å². The van der Waals surface area contributed by atoms with Gasteiger partial charge in [0.2, 0.25) is 0 Å². The van der Waals surface area contributed by atoms with Crippen LogP contribution in [0.5, 0.6) is 5.75 Å². The summed E-state index contributed by atoms with van der Waals surface area (Å²) in [4.78, 5) is 4.27. The summed E-state index contributed by atoms with van der Waals surface area (Å²) in [6, 6.07) is 8.80. The molecule has 2 heterocycles. The normalized spacial score (nSPS) is 11.4. The van der Waals surface area contributed by atoms with Gasteiger partial charge in [0.25, 0.3) is 0 Å². The SMILES string of the molecule is CCOc1ccc2c(ccn2Cc2cncn2C(C)C)c1. The Balaban J connectivity index is 1.92. The summed E-state index contributed by atoms with van der Waals surface area (Å²) in [5.41, 5.74) is 2.44. The standard InChI is InChI=1S/C17H21N3O/c1-4-21-16-5-6-17-14(9-16)7-8-19(17)11-15-10-18-12-20(15)13(2)3/h5-10,12-13H,4,11H2,1-3H3. The topological polar surface area (TPSA) is 32.0 Å². The average molecular weight is 283 g/mol. The van der Waals surface area contributed by atoms with E-state index < -0.39 is 0 Å². The Labute approximate surface area is 125 Å². The molecule has 0 amide bonds. The van der Waals surface area contributed by atoms with E-state index >= 15 is 0 Å². The minimum Gasteiger partial charge on any atom is -0.494 e. The average Bonchev–Trinajstić information content (AvgIpc) is 3.07. The number of hydrogen-bond acceptors (Lipinski definition) is 2. The molecule has 0 saturated heterocycles. The molecular formula is C17H21N3O. The van der Waals surface area contributed by atoms with Crippen molar-refractivity contribution < 1.29 is 4.74 Å². The molecule has 0 saturated carbocycles. The van der Waals surface area contributed by atoms with Gasteiger partial charge in [-0.25, -0.2) is 4.98 Å². The maximum atomic E-state index is 5.56. The zero-order valence-corrected chi connectivity index (χ0v) is 12.8. The van der Waals surface area contributed by atoms with Gasteiger partial charge in [-0.15, -0.1) is 0 Å². The summed E-state index contributed by atoms with van der Waals surface area (Å²) < 4.78 is 10.0. The van der Waals surface area contributed by atoms with E-state index in [-0.39, 0.29) is 0 Å². The molecule has 0 unspecified atom stereocenters. The van der Waals surface area contributed by atoms with Crippen LogP contribution in [0, 0.1) is 0 Å². The molecule has 1 aromatic carbocycles. The Morgan fingerprint density at radius 3 is 2.86 bits per heavy atom. The van der Waals surface area contributed by atoms with Crippen LogP contribution in [0.15, 0.2) is 43.0 Å². The molecule has 4 heteroatoms. The third-order valence-electron chi connectivity index (χ3n) is 3.69. The van der Waals surface area contributed by atoms with Crippen molar-refractivity contribution in [1.29, 1.82) is 0 Å². The largest absolute Gasteiger partial charge is 0.494 e. The van der Waals surface area contributed by atoms with E-state index in [2.05, 4.69) is 52.4 Å². The van der Waals surface area contributed by atoms with Crippen LogP contribution in [-0.4, -0.2) is 20.7 Å². The van der Waals surface area contributed by atoms with Crippen LogP contribution in [0.3, 0.4) is 0 Å². The molecule has 0 bridgehead atoms. The van der Waals surface area contributed by atoms with Gasteiger partial charge < -0.3 is 13.9 Å². The van der Waals surface area contributed by atoms with Crippen LogP contribution in [-0.2, 0) is 6.54 Å². The van der Waals surface area contributed by atoms with Crippen molar-refractivity contribution in [3.8, 4) is 5.75 Å². The molecule has 3 rings (SSSR count). The fourth-order valence-electron chi connectivity index (χ4n) is 2.67. The maximum Gasteiger partial charge on any atom is 0.120 e. The summed E-state index contributed by atoms with van der Waals surface area (Å²) in [7, 11) is 0. The highest BCUT2D eigenvalue weighted by Gasteiger charge is 2.08. The third-order valence-corrected chi connectivity index (χ3v) is 3.69. The Hall–Kier alpha value is -2.23. The molecule has 110 valence electrons. The van der Waals surface area contributed by atoms with Crippen LogP contribution in [0.1, 0.15) is 32.5 Å². The summed E-state index contributed by atoms with van der Waals surface area (Å²) in [6.45, 7) is 7.87. The van der Waals surface area contributed by atoms with Crippen molar-refractivity contribution in [2.75, 3.05) is 6.61 Å². The van der Waals surface area contributed by atoms with Gasteiger partial charge in [-0.3, -0.25) is 0 Å². The van der Waals surface area contributed by atoms with E-state index in [1.165, 1.54) is 16.6 Å². The van der Waals surface area contributed by atoms with Gasteiger partial charge in [0.05, 0.1) is 25.2 Å². The maximum absolute atomic E-state index is 5.56. The lowest BCUT2D eigenvalue weighted by molar-refractivity contribution is 0.340. The molecule has 0 radical (unpaired) electrons. The third kappa shape index (κ3) is 2.66. The first-order valence-electron chi connectivity index (χ1n) is 7.41. The zero-order chi connectivity index (χ0) is 14.8. The van der Waals surface area contributed by atoms with Gasteiger partial charge in [-0.1, -0.05) is 0 Å². The van der Waals surface area contributed by atoms with E-state index in [0.717, 1.165) is 12.3 Å². The van der Waals surface area contributed by atoms with Gasteiger partial charge in [0.15, 0.2) is 0 Å². The van der Waals surface area contributed by atoms with Gasteiger partial charge in [0.1, 0.15) is 5.75 Å². The van der Waals surface area contributed by atoms with Crippen LogP contribution in [0.2, 0.25) is 0 Å². The number of imidazole rings is 1. The Bertz CT molecular complexity index is 739. The lowest BCUT2D eigenvalue weighted by Crippen LogP contribution is -2.08. The second-order valence-corrected chi connectivity index (χ2v) is 5.48. The number of fused-ring (bicyclic) bond motifs is 1. The number of hydrogen-bond donors (Lipinski definition) is 0. The first kappa shape index (κ1) is 13.7. The Kier molecular flexibility index (Phi) is 3.69. The van der Waals surface area contributed by atoms with Crippen LogP contribution in [0.4, 0.5) is 0 Å². The van der Waals surface area contributed by atoms with Crippen molar-refractivity contribution in [2.45, 2.75) is 33.4 Å². The molecule has 2 aromatic heterocycles. The highest BCUT2D eigenvalue weighted by atomic mass is 16.5. The fourth-order valence-corrected chi connectivity index (χ4v) is 2.67. The van der Waals surface area contributed by atoms with Gasteiger partial charge >= 0.3 is 0 Å². The van der Waals surface area contributed by atoms with Crippen molar-refractivity contribution in [3.05, 3.63) is 48.7 Å². The number of benzene rings is 1. The van der Waals surface area contributed by atoms with E-state index in [1.54, 1.807) is 0 Å². The number of nitrogens with zero attached hydrogens (tertiary/aromatic N) is 3. The van der Waals surface area contributed by atoms with Crippen LogP contribution >= 0.6 is 0 Å². The lowest BCUT2D eigenvalue weighted by atomic mass is 10.2. The predicted octanol–water partition coefficient (Wildman–Crippen LogP) is 3.87. The molecule has 21 heavy (non-hydrogen) atoms. The first-order chi connectivity index (χ1) is 10.2. The second kappa shape index (κ2) is 5.64. The summed E-state index contributed by atoms with van der Waals surface area (Å²) in [5, 5.41) is 1.21. The Morgan fingerprint density at radius 1 is 1.24 bits per heavy atom.